The fourth-order valence-electron chi connectivity index (χ4n) is 2.87. The van der Waals surface area contributed by atoms with E-state index in [4.69, 9.17) is 4.52 Å². The Morgan fingerprint density at radius 3 is 3.21 bits per heavy atom. The third-order valence-electron chi connectivity index (χ3n) is 3.78. The van der Waals surface area contributed by atoms with E-state index >= 15 is 0 Å². The summed E-state index contributed by atoms with van der Waals surface area (Å²) in [7, 11) is 0. The van der Waals surface area contributed by atoms with Crippen LogP contribution in [0.1, 0.15) is 49.1 Å². The SMILES string of the molecule is CCCNC1CCCc2cn(Cc3ccno3)cc21. The van der Waals surface area contributed by atoms with E-state index in [1.165, 1.54) is 36.8 Å². The first kappa shape index (κ1) is 12.5. The van der Waals surface area contributed by atoms with Crippen molar-refractivity contribution in [2.24, 2.45) is 0 Å². The maximum atomic E-state index is 5.17. The zero-order valence-corrected chi connectivity index (χ0v) is 11.4. The van der Waals surface area contributed by atoms with Crippen LogP contribution in [0.4, 0.5) is 0 Å². The van der Waals surface area contributed by atoms with Gasteiger partial charge in [-0.2, -0.15) is 0 Å². The Morgan fingerprint density at radius 1 is 1.47 bits per heavy atom. The lowest BCUT2D eigenvalue weighted by atomic mass is 9.91. The van der Waals surface area contributed by atoms with E-state index < -0.39 is 0 Å². The molecule has 19 heavy (non-hydrogen) atoms. The van der Waals surface area contributed by atoms with Crippen LogP contribution < -0.4 is 5.32 Å². The van der Waals surface area contributed by atoms with E-state index in [1.54, 1.807) is 6.20 Å². The molecule has 1 aliphatic carbocycles. The number of rotatable bonds is 5. The molecule has 0 fully saturated rings. The van der Waals surface area contributed by atoms with Crippen LogP contribution >= 0.6 is 0 Å². The van der Waals surface area contributed by atoms with Gasteiger partial charge in [0.1, 0.15) is 0 Å². The Bertz CT molecular complexity index is 515. The maximum absolute atomic E-state index is 5.17. The average Bonchev–Trinajstić information content (AvgIpc) is 3.05. The summed E-state index contributed by atoms with van der Waals surface area (Å²) in [5.74, 6) is 0.908. The van der Waals surface area contributed by atoms with Gasteiger partial charge in [-0.15, -0.1) is 0 Å². The van der Waals surface area contributed by atoms with Crippen molar-refractivity contribution in [1.29, 1.82) is 0 Å². The molecule has 4 nitrogen and oxygen atoms in total. The highest BCUT2D eigenvalue weighted by Gasteiger charge is 2.21. The van der Waals surface area contributed by atoms with Crippen LogP contribution in [0.5, 0.6) is 0 Å². The molecule has 1 atom stereocenters. The van der Waals surface area contributed by atoms with Gasteiger partial charge in [-0.25, -0.2) is 0 Å². The third-order valence-corrected chi connectivity index (χ3v) is 3.78. The Balaban J connectivity index is 1.77. The maximum Gasteiger partial charge on any atom is 0.156 e. The van der Waals surface area contributed by atoms with Crippen LogP contribution in [0.2, 0.25) is 0 Å². The van der Waals surface area contributed by atoms with Gasteiger partial charge in [0, 0.05) is 24.5 Å². The largest absolute Gasteiger partial charge is 0.359 e. The average molecular weight is 259 g/mol. The lowest BCUT2D eigenvalue weighted by Crippen LogP contribution is -2.24. The molecule has 0 bridgehead atoms. The van der Waals surface area contributed by atoms with Crippen LogP contribution in [0.15, 0.2) is 29.2 Å². The first-order valence-corrected chi connectivity index (χ1v) is 7.18. The van der Waals surface area contributed by atoms with Crippen LogP contribution in [-0.4, -0.2) is 16.3 Å². The Hall–Kier alpha value is -1.55. The minimum atomic E-state index is 0.527. The number of aromatic nitrogens is 2. The van der Waals surface area contributed by atoms with Crippen molar-refractivity contribution in [3.8, 4) is 0 Å². The lowest BCUT2D eigenvalue weighted by molar-refractivity contribution is 0.376. The molecule has 0 aromatic carbocycles. The standard InChI is InChI=1S/C15H21N3O/c1-2-7-16-15-5-3-4-12-9-18(11-14(12)15)10-13-6-8-17-19-13/h6,8-9,11,15-16H,2-5,7,10H2,1H3. The summed E-state index contributed by atoms with van der Waals surface area (Å²) in [6, 6.07) is 2.45. The van der Waals surface area contributed by atoms with E-state index in [2.05, 4.69) is 34.4 Å². The second kappa shape index (κ2) is 5.61. The summed E-state index contributed by atoms with van der Waals surface area (Å²) in [5.41, 5.74) is 2.96. The predicted molar refractivity (Wildman–Crippen MR) is 74.0 cm³/mol. The molecule has 102 valence electrons. The van der Waals surface area contributed by atoms with Crippen LogP contribution in [-0.2, 0) is 13.0 Å². The van der Waals surface area contributed by atoms with Gasteiger partial charge in [-0.1, -0.05) is 12.1 Å². The van der Waals surface area contributed by atoms with E-state index in [0.717, 1.165) is 18.8 Å². The zero-order valence-electron chi connectivity index (χ0n) is 11.4. The minimum Gasteiger partial charge on any atom is -0.359 e. The van der Waals surface area contributed by atoms with E-state index in [0.29, 0.717) is 6.04 Å². The number of nitrogens with zero attached hydrogens (tertiary/aromatic N) is 2. The second-order valence-electron chi connectivity index (χ2n) is 5.29. The van der Waals surface area contributed by atoms with Crippen molar-refractivity contribution < 1.29 is 4.52 Å². The molecule has 1 aliphatic rings. The van der Waals surface area contributed by atoms with Crippen molar-refractivity contribution in [2.45, 2.75) is 45.2 Å². The van der Waals surface area contributed by atoms with Crippen molar-refractivity contribution in [3.05, 3.63) is 41.5 Å². The molecule has 1 N–H and O–H groups in total. The number of nitrogens with one attached hydrogen (secondary N) is 1. The molecule has 1 unspecified atom stereocenters. The molecule has 0 saturated carbocycles. The normalized spacial score (nSPS) is 18.5. The molecule has 3 rings (SSSR count). The molecular weight excluding hydrogens is 238 g/mol. The molecule has 0 spiro atoms. The molecular formula is C15H21N3O. The molecule has 2 aromatic rings. The highest BCUT2D eigenvalue weighted by Crippen LogP contribution is 2.30. The highest BCUT2D eigenvalue weighted by molar-refractivity contribution is 5.30. The van der Waals surface area contributed by atoms with Crippen LogP contribution in [0.25, 0.3) is 0 Å². The summed E-state index contributed by atoms with van der Waals surface area (Å²) in [5, 5.41) is 7.41. The Morgan fingerprint density at radius 2 is 2.42 bits per heavy atom. The summed E-state index contributed by atoms with van der Waals surface area (Å²) < 4.78 is 7.39. The Labute approximate surface area is 113 Å². The molecule has 0 saturated heterocycles. The van der Waals surface area contributed by atoms with Gasteiger partial charge in [-0.3, -0.25) is 0 Å². The van der Waals surface area contributed by atoms with Crippen molar-refractivity contribution in [3.63, 3.8) is 0 Å². The second-order valence-corrected chi connectivity index (χ2v) is 5.29. The molecule has 0 amide bonds. The van der Waals surface area contributed by atoms with Crippen molar-refractivity contribution >= 4 is 0 Å². The van der Waals surface area contributed by atoms with Gasteiger partial charge in [0.05, 0.1) is 12.7 Å². The van der Waals surface area contributed by atoms with Gasteiger partial charge in [0.2, 0.25) is 0 Å². The third kappa shape index (κ3) is 2.73. The zero-order chi connectivity index (χ0) is 13.1. The number of fused-ring (bicyclic) bond motifs is 1. The predicted octanol–water partition coefficient (Wildman–Crippen LogP) is 2.90. The van der Waals surface area contributed by atoms with Crippen molar-refractivity contribution in [1.82, 2.24) is 15.0 Å². The number of hydrogen-bond donors (Lipinski definition) is 1. The highest BCUT2D eigenvalue weighted by atomic mass is 16.5. The molecule has 2 aromatic heterocycles. The van der Waals surface area contributed by atoms with E-state index in [1.807, 2.05) is 6.07 Å². The quantitative estimate of drug-likeness (QED) is 0.897. The van der Waals surface area contributed by atoms with Gasteiger partial charge < -0.3 is 14.4 Å². The monoisotopic (exact) mass is 259 g/mol. The fraction of sp³-hybridized carbons (Fsp3) is 0.533. The summed E-state index contributed by atoms with van der Waals surface area (Å²) in [6.07, 6.45) is 11.1. The van der Waals surface area contributed by atoms with Gasteiger partial charge in [0.25, 0.3) is 0 Å². The summed E-state index contributed by atoms with van der Waals surface area (Å²) in [6.45, 7) is 4.08. The smallest absolute Gasteiger partial charge is 0.156 e. The molecule has 0 aliphatic heterocycles. The van der Waals surface area contributed by atoms with E-state index in [9.17, 15) is 0 Å². The van der Waals surface area contributed by atoms with Crippen LogP contribution in [0.3, 0.4) is 0 Å². The lowest BCUT2D eigenvalue weighted by Gasteiger charge is -2.23. The topological polar surface area (TPSA) is 43.0 Å². The molecule has 0 radical (unpaired) electrons. The number of aryl methyl sites for hydroxylation is 1. The number of hydrogen-bond acceptors (Lipinski definition) is 3. The molecule has 2 heterocycles. The first-order chi connectivity index (χ1) is 9.36. The van der Waals surface area contributed by atoms with E-state index in [-0.39, 0.29) is 0 Å². The molecule has 4 heteroatoms. The minimum absolute atomic E-state index is 0.527. The van der Waals surface area contributed by atoms with Crippen LogP contribution in [0, 0.1) is 0 Å². The summed E-state index contributed by atoms with van der Waals surface area (Å²) in [4.78, 5) is 0. The van der Waals surface area contributed by atoms with Gasteiger partial charge in [0.15, 0.2) is 5.76 Å². The van der Waals surface area contributed by atoms with Gasteiger partial charge in [-0.05, 0) is 43.4 Å². The van der Waals surface area contributed by atoms with Crippen molar-refractivity contribution in [2.75, 3.05) is 6.54 Å². The summed E-state index contributed by atoms with van der Waals surface area (Å²) >= 11 is 0. The first-order valence-electron chi connectivity index (χ1n) is 7.18. The fourth-order valence-corrected chi connectivity index (χ4v) is 2.87. The van der Waals surface area contributed by atoms with Gasteiger partial charge >= 0.3 is 0 Å². The Kier molecular flexibility index (Phi) is 3.69.